The van der Waals surface area contributed by atoms with Gasteiger partial charge in [0, 0.05) is 16.8 Å². The molecule has 0 aliphatic rings. The molecule has 0 unspecified atom stereocenters. The third-order valence-electron chi connectivity index (χ3n) is 3.63. The smallest absolute Gasteiger partial charge is 0.128 e. The molecular weight excluding hydrogens is 334 g/mol. The number of benzene rings is 3. The highest BCUT2D eigenvalue weighted by Gasteiger charge is 2.02. The van der Waals surface area contributed by atoms with Crippen LogP contribution in [0.15, 0.2) is 77.8 Å². The summed E-state index contributed by atoms with van der Waals surface area (Å²) < 4.78 is 11.1. The summed E-state index contributed by atoms with van der Waals surface area (Å²) in [6.07, 6.45) is 1.80. The van der Waals surface area contributed by atoms with Gasteiger partial charge in [-0.05, 0) is 54.1 Å². The van der Waals surface area contributed by atoms with E-state index >= 15 is 0 Å². The van der Waals surface area contributed by atoms with Crippen molar-refractivity contribution in [2.24, 2.45) is 4.99 Å². The molecule has 3 aromatic carbocycles. The van der Waals surface area contributed by atoms with Crippen LogP contribution in [0.2, 0.25) is 5.02 Å². The molecule has 4 heteroatoms. The Kier molecular flexibility index (Phi) is 5.70. The monoisotopic (exact) mass is 351 g/mol. The average Bonchev–Trinajstić information content (AvgIpc) is 2.66. The fraction of sp³-hybridized carbons (Fsp3) is 0.0952. The highest BCUT2D eigenvalue weighted by molar-refractivity contribution is 6.30. The third-order valence-corrected chi connectivity index (χ3v) is 3.86. The number of ether oxygens (including phenoxy) is 2. The average molecular weight is 352 g/mol. The van der Waals surface area contributed by atoms with Gasteiger partial charge in [-0.1, -0.05) is 35.9 Å². The number of halogens is 1. The van der Waals surface area contributed by atoms with Gasteiger partial charge in [0.15, 0.2) is 0 Å². The number of hydrogen-bond acceptors (Lipinski definition) is 3. The van der Waals surface area contributed by atoms with Crippen LogP contribution in [0.5, 0.6) is 11.5 Å². The zero-order valence-electron chi connectivity index (χ0n) is 13.9. The molecule has 0 spiro atoms. The van der Waals surface area contributed by atoms with Crippen molar-refractivity contribution < 1.29 is 9.47 Å². The number of methoxy groups -OCH3 is 1. The van der Waals surface area contributed by atoms with E-state index in [4.69, 9.17) is 21.1 Å². The van der Waals surface area contributed by atoms with Crippen molar-refractivity contribution in [3.05, 3.63) is 88.9 Å². The number of rotatable bonds is 6. The minimum Gasteiger partial charge on any atom is -0.497 e. The van der Waals surface area contributed by atoms with E-state index in [-0.39, 0.29) is 0 Å². The lowest BCUT2D eigenvalue weighted by molar-refractivity contribution is 0.306. The molecule has 0 atom stereocenters. The first-order chi connectivity index (χ1) is 12.2. The van der Waals surface area contributed by atoms with Crippen LogP contribution in [-0.2, 0) is 6.61 Å². The quantitative estimate of drug-likeness (QED) is 0.535. The summed E-state index contributed by atoms with van der Waals surface area (Å²) in [6.45, 7) is 0.452. The lowest BCUT2D eigenvalue weighted by Crippen LogP contribution is -1.98. The molecular formula is C21H18ClNO2. The lowest BCUT2D eigenvalue weighted by atomic mass is 10.2. The van der Waals surface area contributed by atoms with Gasteiger partial charge in [0.05, 0.1) is 12.8 Å². The first kappa shape index (κ1) is 17.1. The SMILES string of the molecule is COc1ccc(N=Cc2ccccc2OCc2cccc(Cl)c2)cc1. The molecule has 0 N–H and O–H groups in total. The van der Waals surface area contributed by atoms with Crippen LogP contribution in [0.25, 0.3) is 0 Å². The third kappa shape index (κ3) is 4.85. The highest BCUT2D eigenvalue weighted by Crippen LogP contribution is 2.21. The second kappa shape index (κ2) is 8.36. The summed E-state index contributed by atoms with van der Waals surface area (Å²) in [5.41, 5.74) is 2.79. The zero-order valence-corrected chi connectivity index (χ0v) is 14.6. The molecule has 0 heterocycles. The van der Waals surface area contributed by atoms with Gasteiger partial charge in [-0.25, -0.2) is 0 Å². The van der Waals surface area contributed by atoms with Crippen molar-refractivity contribution in [3.63, 3.8) is 0 Å². The minimum absolute atomic E-state index is 0.452. The normalized spacial score (nSPS) is 10.8. The van der Waals surface area contributed by atoms with Gasteiger partial charge in [0.25, 0.3) is 0 Å². The molecule has 25 heavy (non-hydrogen) atoms. The Morgan fingerprint density at radius 3 is 2.52 bits per heavy atom. The highest BCUT2D eigenvalue weighted by atomic mass is 35.5. The lowest BCUT2D eigenvalue weighted by Gasteiger charge is -2.09. The Hall–Kier alpha value is -2.78. The first-order valence-electron chi connectivity index (χ1n) is 7.89. The molecule has 0 saturated carbocycles. The fourth-order valence-corrected chi connectivity index (χ4v) is 2.53. The molecule has 126 valence electrons. The van der Waals surface area contributed by atoms with Crippen LogP contribution < -0.4 is 9.47 Å². The fourth-order valence-electron chi connectivity index (χ4n) is 2.32. The van der Waals surface area contributed by atoms with E-state index in [1.54, 1.807) is 13.3 Å². The van der Waals surface area contributed by atoms with Gasteiger partial charge in [-0.15, -0.1) is 0 Å². The van der Waals surface area contributed by atoms with Gasteiger partial charge >= 0.3 is 0 Å². The second-order valence-electron chi connectivity index (χ2n) is 5.41. The summed E-state index contributed by atoms with van der Waals surface area (Å²) in [6, 6.07) is 23.0. The summed E-state index contributed by atoms with van der Waals surface area (Å²) in [5.74, 6) is 1.59. The molecule has 3 aromatic rings. The molecule has 0 aliphatic heterocycles. The molecule has 3 nitrogen and oxygen atoms in total. The van der Waals surface area contributed by atoms with Crippen LogP contribution in [0.3, 0.4) is 0 Å². The first-order valence-corrected chi connectivity index (χ1v) is 8.27. The van der Waals surface area contributed by atoms with Crippen molar-refractivity contribution in [1.29, 1.82) is 0 Å². The largest absolute Gasteiger partial charge is 0.497 e. The van der Waals surface area contributed by atoms with E-state index in [2.05, 4.69) is 4.99 Å². The predicted molar refractivity (Wildman–Crippen MR) is 102 cm³/mol. The maximum absolute atomic E-state index is 6.01. The number of hydrogen-bond donors (Lipinski definition) is 0. The van der Waals surface area contributed by atoms with E-state index in [0.717, 1.165) is 28.3 Å². The number of aliphatic imine (C=N–C) groups is 1. The Morgan fingerprint density at radius 1 is 0.960 bits per heavy atom. The van der Waals surface area contributed by atoms with Gasteiger partial charge in [-0.3, -0.25) is 4.99 Å². The minimum atomic E-state index is 0.452. The maximum Gasteiger partial charge on any atom is 0.128 e. The zero-order chi connectivity index (χ0) is 17.5. The Morgan fingerprint density at radius 2 is 1.76 bits per heavy atom. The van der Waals surface area contributed by atoms with E-state index in [1.165, 1.54) is 0 Å². The topological polar surface area (TPSA) is 30.8 Å². The van der Waals surface area contributed by atoms with Crippen molar-refractivity contribution in [3.8, 4) is 11.5 Å². The van der Waals surface area contributed by atoms with E-state index in [9.17, 15) is 0 Å². The Bertz CT molecular complexity index is 860. The van der Waals surface area contributed by atoms with E-state index in [0.29, 0.717) is 11.6 Å². The molecule has 0 aliphatic carbocycles. The van der Waals surface area contributed by atoms with Crippen LogP contribution in [0, 0.1) is 0 Å². The van der Waals surface area contributed by atoms with E-state index < -0.39 is 0 Å². The van der Waals surface area contributed by atoms with Crippen LogP contribution in [0.4, 0.5) is 5.69 Å². The number of para-hydroxylation sites is 1. The molecule has 0 aromatic heterocycles. The van der Waals surface area contributed by atoms with Crippen LogP contribution >= 0.6 is 11.6 Å². The molecule has 0 bridgehead atoms. The molecule has 0 fully saturated rings. The van der Waals surface area contributed by atoms with Gasteiger partial charge < -0.3 is 9.47 Å². The van der Waals surface area contributed by atoms with Crippen molar-refractivity contribution >= 4 is 23.5 Å². The van der Waals surface area contributed by atoms with Gasteiger partial charge in [-0.2, -0.15) is 0 Å². The standard InChI is InChI=1S/C21H18ClNO2/c1-24-20-11-9-19(10-12-20)23-14-17-6-2-3-8-21(17)25-15-16-5-4-7-18(22)13-16/h2-14H,15H2,1H3. The van der Waals surface area contributed by atoms with Gasteiger partial charge in [0.1, 0.15) is 18.1 Å². The summed E-state index contributed by atoms with van der Waals surface area (Å²) in [7, 11) is 1.64. The molecule has 0 amide bonds. The molecule has 0 saturated heterocycles. The van der Waals surface area contributed by atoms with Crippen molar-refractivity contribution in [2.75, 3.05) is 7.11 Å². The van der Waals surface area contributed by atoms with Crippen LogP contribution in [-0.4, -0.2) is 13.3 Å². The summed E-state index contributed by atoms with van der Waals surface area (Å²) in [5, 5.41) is 0.704. The Balaban J connectivity index is 1.72. The molecule has 0 radical (unpaired) electrons. The van der Waals surface area contributed by atoms with Crippen molar-refractivity contribution in [2.45, 2.75) is 6.61 Å². The second-order valence-corrected chi connectivity index (χ2v) is 5.85. The summed E-state index contributed by atoms with van der Waals surface area (Å²) in [4.78, 5) is 4.50. The van der Waals surface area contributed by atoms with E-state index in [1.807, 2.05) is 72.8 Å². The predicted octanol–water partition coefficient (Wildman–Crippen LogP) is 5.68. The van der Waals surface area contributed by atoms with Crippen molar-refractivity contribution in [1.82, 2.24) is 0 Å². The van der Waals surface area contributed by atoms with Crippen LogP contribution in [0.1, 0.15) is 11.1 Å². The number of nitrogens with zero attached hydrogens (tertiary/aromatic N) is 1. The van der Waals surface area contributed by atoms with Gasteiger partial charge in [0.2, 0.25) is 0 Å². The molecule has 3 rings (SSSR count). The Labute approximate surface area is 152 Å². The summed E-state index contributed by atoms with van der Waals surface area (Å²) >= 11 is 6.01. The maximum atomic E-state index is 6.01.